The molecule has 0 aliphatic heterocycles. The lowest BCUT2D eigenvalue weighted by Crippen LogP contribution is -2.41. The highest BCUT2D eigenvalue weighted by atomic mass is 127. The molecule has 150 valence electrons. The van der Waals surface area contributed by atoms with Gasteiger partial charge in [0.2, 0.25) is 0 Å². The summed E-state index contributed by atoms with van der Waals surface area (Å²) in [6, 6.07) is 6.88. The summed E-state index contributed by atoms with van der Waals surface area (Å²) in [5, 5.41) is 15.8. The molecule has 1 aromatic rings. The molecule has 26 heavy (non-hydrogen) atoms. The molecule has 1 rings (SSSR count). The number of hydrogen-bond acceptors (Lipinski definition) is 2. The van der Waals surface area contributed by atoms with Gasteiger partial charge in [0.25, 0.3) is 0 Å². The number of aliphatic imine (C=N–C) groups is 1. The van der Waals surface area contributed by atoms with Crippen molar-refractivity contribution in [3.63, 3.8) is 0 Å². The molecule has 0 radical (unpaired) electrons. The van der Waals surface area contributed by atoms with E-state index in [2.05, 4.69) is 22.5 Å². The van der Waals surface area contributed by atoms with Crippen molar-refractivity contribution in [3.05, 3.63) is 35.6 Å². The molecule has 0 saturated heterocycles. The van der Waals surface area contributed by atoms with E-state index in [1.807, 2.05) is 32.9 Å². The Morgan fingerprint density at radius 2 is 1.88 bits per heavy atom. The average molecular weight is 479 g/mol. The first-order valence-electron chi connectivity index (χ1n) is 9.32. The van der Waals surface area contributed by atoms with Crippen LogP contribution in [0.1, 0.15) is 52.5 Å². The summed E-state index contributed by atoms with van der Waals surface area (Å²) < 4.78 is 14.1. The smallest absolute Gasteiger partial charge is 0.191 e. The molecular weight excluding hydrogens is 444 g/mol. The molecule has 1 unspecified atom stereocenters. The lowest BCUT2D eigenvalue weighted by atomic mass is 9.84. The summed E-state index contributed by atoms with van der Waals surface area (Å²) in [5.41, 5.74) is 0.292. The third kappa shape index (κ3) is 8.66. The van der Waals surface area contributed by atoms with Crippen LogP contribution in [0.5, 0.6) is 0 Å². The molecule has 1 aromatic carbocycles. The van der Waals surface area contributed by atoms with Crippen molar-refractivity contribution in [2.75, 3.05) is 26.2 Å². The maximum Gasteiger partial charge on any atom is 0.191 e. The Morgan fingerprint density at radius 1 is 1.19 bits per heavy atom. The number of aliphatic hydroxyl groups excluding tert-OH is 1. The molecule has 0 aliphatic carbocycles. The molecule has 4 nitrogen and oxygen atoms in total. The van der Waals surface area contributed by atoms with Crippen LogP contribution in [0.4, 0.5) is 4.39 Å². The molecular formula is C20H35FIN3O. The standard InChI is InChI=1S/C20H34FN3O.HI/c1-5-9-16(12-13-25)14-23-19(22-6-2)24-15-20(3,4)17-10-7-8-11-18(17)21;/h7-8,10-11,16,25H,5-6,9,12-15H2,1-4H3,(H2,22,23,24);1H. The van der Waals surface area contributed by atoms with Gasteiger partial charge in [-0.05, 0) is 37.3 Å². The Hall–Kier alpha value is -0.890. The zero-order valence-electron chi connectivity index (χ0n) is 16.5. The minimum Gasteiger partial charge on any atom is -0.396 e. The van der Waals surface area contributed by atoms with Crippen LogP contribution < -0.4 is 10.6 Å². The minimum atomic E-state index is -0.387. The highest BCUT2D eigenvalue weighted by Crippen LogP contribution is 2.25. The van der Waals surface area contributed by atoms with Gasteiger partial charge < -0.3 is 15.7 Å². The fourth-order valence-corrected chi connectivity index (χ4v) is 2.89. The number of nitrogens with zero attached hydrogens (tertiary/aromatic N) is 1. The van der Waals surface area contributed by atoms with E-state index in [4.69, 9.17) is 0 Å². The number of halogens is 2. The zero-order chi connectivity index (χ0) is 18.7. The predicted molar refractivity (Wildman–Crippen MR) is 119 cm³/mol. The topological polar surface area (TPSA) is 56.6 Å². The Bertz CT molecular complexity index is 532. The summed E-state index contributed by atoms with van der Waals surface area (Å²) in [7, 11) is 0. The Labute approximate surface area is 175 Å². The monoisotopic (exact) mass is 479 g/mol. The van der Waals surface area contributed by atoms with E-state index in [9.17, 15) is 9.50 Å². The van der Waals surface area contributed by atoms with Crippen LogP contribution >= 0.6 is 24.0 Å². The van der Waals surface area contributed by atoms with Crippen molar-refractivity contribution in [3.8, 4) is 0 Å². The summed E-state index contributed by atoms with van der Waals surface area (Å²) in [6.07, 6.45) is 2.97. The highest BCUT2D eigenvalue weighted by Gasteiger charge is 2.23. The second-order valence-electron chi connectivity index (χ2n) is 7.11. The average Bonchev–Trinajstić information content (AvgIpc) is 2.58. The molecule has 0 heterocycles. The van der Waals surface area contributed by atoms with Crippen LogP contribution in [0.2, 0.25) is 0 Å². The number of hydrogen-bond donors (Lipinski definition) is 3. The van der Waals surface area contributed by atoms with Gasteiger partial charge in [-0.1, -0.05) is 45.4 Å². The largest absolute Gasteiger partial charge is 0.396 e. The molecule has 1 atom stereocenters. The van der Waals surface area contributed by atoms with Crippen molar-refractivity contribution in [1.29, 1.82) is 0 Å². The van der Waals surface area contributed by atoms with Crippen molar-refractivity contribution in [1.82, 2.24) is 10.6 Å². The van der Waals surface area contributed by atoms with E-state index in [0.29, 0.717) is 18.0 Å². The fourth-order valence-electron chi connectivity index (χ4n) is 2.89. The first-order chi connectivity index (χ1) is 11.9. The van der Waals surface area contributed by atoms with E-state index in [0.717, 1.165) is 38.3 Å². The number of nitrogens with one attached hydrogen (secondary N) is 2. The molecule has 3 N–H and O–H groups in total. The van der Waals surface area contributed by atoms with E-state index >= 15 is 0 Å². The molecule has 6 heteroatoms. The lowest BCUT2D eigenvalue weighted by molar-refractivity contribution is 0.251. The van der Waals surface area contributed by atoms with E-state index in [1.165, 1.54) is 6.07 Å². The Kier molecular flexibility index (Phi) is 12.8. The first kappa shape index (κ1) is 25.1. The van der Waals surface area contributed by atoms with Gasteiger partial charge in [-0.2, -0.15) is 0 Å². The van der Waals surface area contributed by atoms with Crippen molar-refractivity contribution >= 4 is 29.9 Å². The second-order valence-corrected chi connectivity index (χ2v) is 7.11. The number of guanidine groups is 1. The van der Waals surface area contributed by atoms with Crippen molar-refractivity contribution < 1.29 is 9.50 Å². The maximum atomic E-state index is 14.1. The van der Waals surface area contributed by atoms with Crippen LogP contribution in [-0.2, 0) is 5.41 Å². The molecule has 0 spiro atoms. The number of rotatable bonds is 10. The third-order valence-corrected chi connectivity index (χ3v) is 4.37. The second kappa shape index (κ2) is 13.3. The van der Waals surface area contributed by atoms with Gasteiger partial charge in [-0.15, -0.1) is 24.0 Å². The normalized spacial score (nSPS) is 13.1. The van der Waals surface area contributed by atoms with Gasteiger partial charge in [0.1, 0.15) is 5.82 Å². The Balaban J connectivity index is 0.00000625. The van der Waals surface area contributed by atoms with Crippen LogP contribution in [0, 0.1) is 11.7 Å². The van der Waals surface area contributed by atoms with Gasteiger partial charge in [-0.25, -0.2) is 4.39 Å². The molecule has 0 aliphatic rings. The van der Waals surface area contributed by atoms with E-state index in [-0.39, 0.29) is 41.8 Å². The van der Waals surface area contributed by atoms with Crippen molar-refractivity contribution in [2.45, 2.75) is 52.4 Å². The quantitative estimate of drug-likeness (QED) is 0.269. The fraction of sp³-hybridized carbons (Fsp3) is 0.650. The maximum absolute atomic E-state index is 14.1. The first-order valence-corrected chi connectivity index (χ1v) is 9.32. The van der Waals surface area contributed by atoms with Gasteiger partial charge in [0.15, 0.2) is 5.96 Å². The van der Waals surface area contributed by atoms with Gasteiger partial charge in [-0.3, -0.25) is 4.99 Å². The van der Waals surface area contributed by atoms with Crippen LogP contribution in [0.3, 0.4) is 0 Å². The summed E-state index contributed by atoms with van der Waals surface area (Å²) >= 11 is 0. The zero-order valence-corrected chi connectivity index (χ0v) is 18.8. The SMILES string of the molecule is CCCC(CCO)CNC(=NCC(C)(C)c1ccccc1F)NCC.I. The predicted octanol–water partition coefficient (Wildman–Crippen LogP) is 4.08. The van der Waals surface area contributed by atoms with Crippen molar-refractivity contribution in [2.24, 2.45) is 10.9 Å². The Morgan fingerprint density at radius 3 is 2.46 bits per heavy atom. The van der Waals surface area contributed by atoms with Crippen LogP contribution in [0.15, 0.2) is 29.3 Å². The number of aliphatic hydroxyl groups is 1. The molecule has 0 aromatic heterocycles. The van der Waals surface area contributed by atoms with E-state index in [1.54, 1.807) is 6.07 Å². The minimum absolute atomic E-state index is 0. The molecule has 0 fully saturated rings. The summed E-state index contributed by atoms with van der Waals surface area (Å²) in [5.74, 6) is 0.982. The van der Waals surface area contributed by atoms with E-state index < -0.39 is 0 Å². The summed E-state index contributed by atoms with van der Waals surface area (Å²) in [4.78, 5) is 4.66. The lowest BCUT2D eigenvalue weighted by Gasteiger charge is -2.25. The molecule has 0 bridgehead atoms. The number of benzene rings is 1. The molecule has 0 amide bonds. The third-order valence-electron chi connectivity index (χ3n) is 4.37. The van der Waals surface area contributed by atoms with Gasteiger partial charge in [0.05, 0.1) is 6.54 Å². The van der Waals surface area contributed by atoms with Crippen LogP contribution in [0.25, 0.3) is 0 Å². The highest BCUT2D eigenvalue weighted by molar-refractivity contribution is 14.0. The van der Waals surface area contributed by atoms with Gasteiger partial charge in [0, 0.05) is 25.1 Å². The summed E-state index contributed by atoms with van der Waals surface area (Å²) in [6.45, 7) is 10.4. The van der Waals surface area contributed by atoms with Gasteiger partial charge >= 0.3 is 0 Å². The van der Waals surface area contributed by atoms with Crippen LogP contribution in [-0.4, -0.2) is 37.3 Å². The molecule has 0 saturated carbocycles.